The highest BCUT2D eigenvalue weighted by Gasteiger charge is 2.22. The number of nitrogens with one attached hydrogen (secondary N) is 1. The largest absolute Gasteiger partial charge is 0.393 e. The monoisotopic (exact) mass is 293 g/mol. The zero-order chi connectivity index (χ0) is 14.4. The van der Waals surface area contributed by atoms with E-state index in [4.69, 9.17) is 11.6 Å². The van der Waals surface area contributed by atoms with E-state index in [0.29, 0.717) is 11.6 Å². The fourth-order valence-electron chi connectivity index (χ4n) is 2.50. The molecule has 0 radical (unpaired) electrons. The molecule has 108 valence electrons. The van der Waals surface area contributed by atoms with Crippen LogP contribution in [0.4, 0.5) is 0 Å². The normalized spacial score (nSPS) is 22.9. The number of rotatable bonds is 4. The van der Waals surface area contributed by atoms with Gasteiger partial charge in [-0.2, -0.15) is 0 Å². The summed E-state index contributed by atoms with van der Waals surface area (Å²) in [7, 11) is 0. The van der Waals surface area contributed by atoms with E-state index in [1.807, 2.05) is 12.1 Å². The van der Waals surface area contributed by atoms with Crippen molar-refractivity contribution in [3.05, 3.63) is 40.9 Å². The summed E-state index contributed by atoms with van der Waals surface area (Å²) in [5.74, 6) is 0.0509. The van der Waals surface area contributed by atoms with Crippen LogP contribution in [0.25, 0.3) is 6.08 Å². The smallest absolute Gasteiger partial charge is 0.244 e. The average molecular weight is 294 g/mol. The molecule has 0 heterocycles. The van der Waals surface area contributed by atoms with Crippen molar-refractivity contribution in [3.8, 4) is 0 Å². The van der Waals surface area contributed by atoms with E-state index in [2.05, 4.69) is 5.32 Å². The van der Waals surface area contributed by atoms with Crippen molar-refractivity contribution in [2.24, 2.45) is 5.92 Å². The van der Waals surface area contributed by atoms with Crippen molar-refractivity contribution in [2.75, 3.05) is 6.54 Å². The molecule has 1 aliphatic carbocycles. The summed E-state index contributed by atoms with van der Waals surface area (Å²) in [6, 6.07) is 7.33. The third kappa shape index (κ3) is 4.66. The summed E-state index contributed by atoms with van der Waals surface area (Å²) in [4.78, 5) is 11.7. The number of carbonyl (C=O) groups is 1. The van der Waals surface area contributed by atoms with Crippen molar-refractivity contribution in [3.63, 3.8) is 0 Å². The van der Waals surface area contributed by atoms with Crippen molar-refractivity contribution >= 4 is 23.6 Å². The molecule has 1 aromatic rings. The van der Waals surface area contributed by atoms with Crippen LogP contribution in [0.3, 0.4) is 0 Å². The Hall–Kier alpha value is -1.32. The Morgan fingerprint density at radius 2 is 2.20 bits per heavy atom. The Bertz CT molecular complexity index is 487. The highest BCUT2D eigenvalue weighted by Crippen LogP contribution is 2.23. The van der Waals surface area contributed by atoms with E-state index in [0.717, 1.165) is 31.2 Å². The first-order valence-corrected chi connectivity index (χ1v) is 7.42. The molecule has 0 aliphatic heterocycles. The van der Waals surface area contributed by atoms with Crippen LogP contribution in [0.2, 0.25) is 5.02 Å². The third-order valence-corrected chi connectivity index (χ3v) is 3.92. The molecule has 2 rings (SSSR count). The highest BCUT2D eigenvalue weighted by atomic mass is 35.5. The van der Waals surface area contributed by atoms with Gasteiger partial charge in [-0.3, -0.25) is 4.79 Å². The number of carbonyl (C=O) groups excluding carboxylic acids is 1. The van der Waals surface area contributed by atoms with Crippen LogP contribution >= 0.6 is 11.6 Å². The predicted molar refractivity (Wildman–Crippen MR) is 81.5 cm³/mol. The Morgan fingerprint density at radius 3 is 2.95 bits per heavy atom. The first-order valence-electron chi connectivity index (χ1n) is 7.04. The van der Waals surface area contributed by atoms with E-state index in [1.54, 1.807) is 18.2 Å². The minimum Gasteiger partial charge on any atom is -0.393 e. The number of aliphatic hydroxyl groups is 1. The molecule has 1 fully saturated rings. The lowest BCUT2D eigenvalue weighted by molar-refractivity contribution is -0.116. The van der Waals surface area contributed by atoms with E-state index in [1.165, 1.54) is 6.08 Å². The van der Waals surface area contributed by atoms with Crippen molar-refractivity contribution in [2.45, 2.75) is 31.8 Å². The fourth-order valence-corrected chi connectivity index (χ4v) is 2.70. The van der Waals surface area contributed by atoms with Crippen LogP contribution in [-0.2, 0) is 4.79 Å². The maximum Gasteiger partial charge on any atom is 0.244 e. The molecule has 0 bridgehead atoms. The summed E-state index contributed by atoms with van der Waals surface area (Å²) in [6.45, 7) is 0.542. The number of hydrogen-bond donors (Lipinski definition) is 2. The minimum absolute atomic E-state index is 0.136. The second-order valence-electron chi connectivity index (χ2n) is 5.25. The summed E-state index contributed by atoms with van der Waals surface area (Å²) in [5.41, 5.74) is 0.894. The molecule has 2 unspecified atom stereocenters. The van der Waals surface area contributed by atoms with Gasteiger partial charge in [-0.25, -0.2) is 0 Å². The number of benzene rings is 1. The van der Waals surface area contributed by atoms with Crippen LogP contribution in [0.1, 0.15) is 31.2 Å². The van der Waals surface area contributed by atoms with Gasteiger partial charge in [0.1, 0.15) is 0 Å². The Morgan fingerprint density at radius 1 is 1.40 bits per heavy atom. The zero-order valence-corrected chi connectivity index (χ0v) is 12.1. The average Bonchev–Trinajstić information content (AvgIpc) is 2.44. The minimum atomic E-state index is -0.277. The van der Waals surface area contributed by atoms with Crippen molar-refractivity contribution in [1.29, 1.82) is 0 Å². The molecule has 1 aromatic carbocycles. The second-order valence-corrected chi connectivity index (χ2v) is 5.68. The van der Waals surface area contributed by atoms with Gasteiger partial charge in [0.2, 0.25) is 5.91 Å². The second kappa shape index (κ2) is 7.46. The summed E-state index contributed by atoms with van der Waals surface area (Å²) < 4.78 is 0. The number of halogens is 1. The van der Waals surface area contributed by atoms with Gasteiger partial charge in [0.25, 0.3) is 0 Å². The molecule has 1 saturated carbocycles. The topological polar surface area (TPSA) is 49.3 Å². The quantitative estimate of drug-likeness (QED) is 0.839. The molecule has 0 spiro atoms. The fraction of sp³-hybridized carbons (Fsp3) is 0.438. The lowest BCUT2D eigenvalue weighted by atomic mass is 9.86. The molecule has 20 heavy (non-hydrogen) atoms. The lowest BCUT2D eigenvalue weighted by Crippen LogP contribution is -2.36. The standard InChI is InChI=1S/C16H20ClNO2/c17-14-6-3-4-12(10-14)8-9-16(20)18-11-13-5-1-2-7-15(13)19/h3-4,6,8-10,13,15,19H,1-2,5,7,11H2,(H,18,20). The van der Waals surface area contributed by atoms with Crippen molar-refractivity contribution in [1.82, 2.24) is 5.32 Å². The first kappa shape index (κ1) is 15.1. The number of hydrogen-bond acceptors (Lipinski definition) is 2. The van der Waals surface area contributed by atoms with E-state index >= 15 is 0 Å². The van der Waals surface area contributed by atoms with Crippen LogP contribution in [0.5, 0.6) is 0 Å². The maximum atomic E-state index is 11.7. The van der Waals surface area contributed by atoms with Gasteiger partial charge >= 0.3 is 0 Å². The predicted octanol–water partition coefficient (Wildman–Crippen LogP) is 3.02. The van der Waals surface area contributed by atoms with Crippen LogP contribution in [0.15, 0.2) is 30.3 Å². The summed E-state index contributed by atoms with van der Waals surface area (Å²) in [6.07, 6.45) is 7.01. The van der Waals surface area contributed by atoms with Gasteiger partial charge < -0.3 is 10.4 Å². The zero-order valence-electron chi connectivity index (χ0n) is 11.4. The molecular weight excluding hydrogens is 274 g/mol. The molecule has 2 N–H and O–H groups in total. The molecule has 1 aliphatic rings. The highest BCUT2D eigenvalue weighted by molar-refractivity contribution is 6.30. The Labute approximate surface area is 124 Å². The van der Waals surface area contributed by atoms with Crippen LogP contribution in [-0.4, -0.2) is 23.7 Å². The third-order valence-electron chi connectivity index (χ3n) is 3.68. The summed E-state index contributed by atoms with van der Waals surface area (Å²) >= 11 is 5.88. The van der Waals surface area contributed by atoms with Crippen molar-refractivity contribution < 1.29 is 9.90 Å². The van der Waals surface area contributed by atoms with Gasteiger partial charge in [-0.15, -0.1) is 0 Å². The van der Waals surface area contributed by atoms with Gasteiger partial charge in [0, 0.05) is 23.6 Å². The molecule has 2 atom stereocenters. The van der Waals surface area contributed by atoms with Gasteiger partial charge in [0.15, 0.2) is 0 Å². The Balaban J connectivity index is 1.80. The molecule has 0 saturated heterocycles. The molecule has 0 aromatic heterocycles. The molecule has 3 nitrogen and oxygen atoms in total. The van der Waals surface area contributed by atoms with Gasteiger partial charge in [-0.05, 0) is 36.6 Å². The maximum absolute atomic E-state index is 11.7. The number of amides is 1. The Kier molecular flexibility index (Phi) is 5.62. The van der Waals surface area contributed by atoms with Gasteiger partial charge in [-0.1, -0.05) is 36.6 Å². The van der Waals surface area contributed by atoms with Crippen LogP contribution < -0.4 is 5.32 Å². The van der Waals surface area contributed by atoms with Gasteiger partial charge in [0.05, 0.1) is 6.10 Å². The molecule has 4 heteroatoms. The number of aliphatic hydroxyl groups excluding tert-OH is 1. The van der Waals surface area contributed by atoms with E-state index in [-0.39, 0.29) is 17.9 Å². The molecule has 1 amide bonds. The van der Waals surface area contributed by atoms with E-state index in [9.17, 15) is 9.90 Å². The molecular formula is C16H20ClNO2. The lowest BCUT2D eigenvalue weighted by Gasteiger charge is -2.27. The summed E-state index contributed by atoms with van der Waals surface area (Å²) in [5, 5.41) is 13.3. The van der Waals surface area contributed by atoms with E-state index < -0.39 is 0 Å². The SMILES string of the molecule is O=C(C=Cc1cccc(Cl)c1)NCC1CCCCC1O. The first-order chi connectivity index (χ1) is 9.65. The van der Waals surface area contributed by atoms with Crippen LogP contribution in [0, 0.1) is 5.92 Å².